The fourth-order valence-corrected chi connectivity index (χ4v) is 2.64. The van der Waals surface area contributed by atoms with Gasteiger partial charge in [-0.15, -0.1) is 0 Å². The largest absolute Gasteiger partial charge is 0.303 e. The van der Waals surface area contributed by atoms with Crippen LogP contribution in [0.3, 0.4) is 0 Å². The third kappa shape index (κ3) is 4.55. The van der Waals surface area contributed by atoms with E-state index in [1.807, 2.05) is 19.1 Å². The summed E-state index contributed by atoms with van der Waals surface area (Å²) in [6, 6.07) is 10.5. The van der Waals surface area contributed by atoms with Gasteiger partial charge in [-0.05, 0) is 31.2 Å². The summed E-state index contributed by atoms with van der Waals surface area (Å²) < 4.78 is 0. The summed E-state index contributed by atoms with van der Waals surface area (Å²) in [5, 5.41) is 6.60. The Morgan fingerprint density at radius 2 is 2.00 bits per heavy atom. The lowest BCUT2D eigenvalue weighted by atomic mass is 9.85. The Bertz CT molecular complexity index is 432. The number of nitrogens with zero attached hydrogens (tertiary/aromatic N) is 2. The van der Waals surface area contributed by atoms with Crippen molar-refractivity contribution in [2.75, 3.05) is 14.1 Å². The van der Waals surface area contributed by atoms with E-state index in [0.717, 1.165) is 6.42 Å². The summed E-state index contributed by atoms with van der Waals surface area (Å²) >= 11 is 0. The third-order valence-electron chi connectivity index (χ3n) is 3.57. The molecule has 0 spiro atoms. The summed E-state index contributed by atoms with van der Waals surface area (Å²) in [6.07, 6.45) is 10.7. The number of hydrogen-bond donors (Lipinski definition) is 0. The number of benzene rings is 1. The first-order valence-electron chi connectivity index (χ1n) is 7.22. The molecule has 0 heterocycles. The van der Waals surface area contributed by atoms with Gasteiger partial charge in [0.05, 0.1) is 0 Å². The van der Waals surface area contributed by atoms with Gasteiger partial charge in [0, 0.05) is 25.7 Å². The molecule has 19 heavy (non-hydrogen) atoms. The zero-order valence-electron chi connectivity index (χ0n) is 12.0. The molecule has 1 unspecified atom stereocenters. The van der Waals surface area contributed by atoms with Crippen LogP contribution in [0.2, 0.25) is 0 Å². The summed E-state index contributed by atoms with van der Waals surface area (Å²) in [5.41, 5.74) is 2.67. The monoisotopic (exact) mass is 256 g/mol. The maximum absolute atomic E-state index is 4.66. The van der Waals surface area contributed by atoms with E-state index in [2.05, 4.69) is 47.6 Å². The smallest absolute Gasteiger partial charge is 0.0414 e. The molecule has 0 aliphatic heterocycles. The topological polar surface area (TPSA) is 15.6 Å². The summed E-state index contributed by atoms with van der Waals surface area (Å²) in [4.78, 5) is 0. The average molecular weight is 256 g/mol. The van der Waals surface area contributed by atoms with Gasteiger partial charge in [-0.3, -0.25) is 0 Å². The zero-order valence-corrected chi connectivity index (χ0v) is 12.0. The number of hydrogen-bond acceptors (Lipinski definition) is 2. The van der Waals surface area contributed by atoms with Crippen molar-refractivity contribution < 1.29 is 0 Å². The fourth-order valence-electron chi connectivity index (χ4n) is 2.64. The number of hydrazone groups is 1. The molecule has 2 nitrogen and oxygen atoms in total. The lowest BCUT2D eigenvalue weighted by Crippen LogP contribution is -2.21. The summed E-state index contributed by atoms with van der Waals surface area (Å²) in [7, 11) is 4.02. The fraction of sp³-hybridized carbons (Fsp3) is 0.471. The van der Waals surface area contributed by atoms with Crippen LogP contribution in [0.15, 0.2) is 41.5 Å². The molecule has 102 valence electrons. The van der Waals surface area contributed by atoms with Crippen molar-refractivity contribution in [3.63, 3.8) is 0 Å². The van der Waals surface area contributed by atoms with Crippen molar-refractivity contribution >= 4 is 11.8 Å². The summed E-state index contributed by atoms with van der Waals surface area (Å²) in [6.45, 7) is 0. The molecule has 0 amide bonds. The molecule has 1 aliphatic carbocycles. The van der Waals surface area contributed by atoms with Crippen molar-refractivity contribution in [1.82, 2.24) is 5.01 Å². The molecule has 0 N–H and O–H groups in total. The minimum atomic E-state index is 0.635. The highest BCUT2D eigenvalue weighted by Crippen LogP contribution is 2.25. The normalized spacial score (nSPS) is 22.0. The Morgan fingerprint density at radius 1 is 1.21 bits per heavy atom. The molecular formula is C17H24N2. The molecule has 2 heteroatoms. The van der Waals surface area contributed by atoms with Gasteiger partial charge in [-0.25, -0.2) is 0 Å². The van der Waals surface area contributed by atoms with Gasteiger partial charge < -0.3 is 5.01 Å². The van der Waals surface area contributed by atoms with Crippen LogP contribution in [0.1, 0.15) is 37.7 Å². The lowest BCUT2D eigenvalue weighted by molar-refractivity contribution is 0.418. The lowest BCUT2D eigenvalue weighted by Gasteiger charge is -2.24. The van der Waals surface area contributed by atoms with Crippen LogP contribution in [0, 0.1) is 5.92 Å². The van der Waals surface area contributed by atoms with E-state index in [-0.39, 0.29) is 0 Å². The number of allylic oxidation sites excluding steroid dienone is 1. The van der Waals surface area contributed by atoms with Crippen molar-refractivity contribution in [3.05, 3.63) is 42.0 Å². The molecule has 0 aromatic heterocycles. The SMILES string of the molecule is CN(C)/N=C1/CCCCC1C/C=C/c1ccccc1. The van der Waals surface area contributed by atoms with Crippen molar-refractivity contribution in [2.24, 2.45) is 11.0 Å². The highest BCUT2D eigenvalue weighted by atomic mass is 15.4. The van der Waals surface area contributed by atoms with Crippen LogP contribution in [0.5, 0.6) is 0 Å². The van der Waals surface area contributed by atoms with Gasteiger partial charge in [-0.2, -0.15) is 5.10 Å². The van der Waals surface area contributed by atoms with Gasteiger partial charge in [0.25, 0.3) is 0 Å². The van der Waals surface area contributed by atoms with Crippen LogP contribution in [-0.4, -0.2) is 24.8 Å². The average Bonchev–Trinajstić information content (AvgIpc) is 2.41. The molecular weight excluding hydrogens is 232 g/mol. The van der Waals surface area contributed by atoms with E-state index in [0.29, 0.717) is 5.92 Å². The maximum atomic E-state index is 4.66. The Balaban J connectivity index is 1.95. The Hall–Kier alpha value is -1.57. The highest BCUT2D eigenvalue weighted by molar-refractivity contribution is 5.87. The highest BCUT2D eigenvalue weighted by Gasteiger charge is 2.19. The minimum Gasteiger partial charge on any atom is -0.303 e. The first-order valence-corrected chi connectivity index (χ1v) is 7.22. The van der Waals surface area contributed by atoms with E-state index >= 15 is 0 Å². The van der Waals surface area contributed by atoms with Gasteiger partial charge in [0.15, 0.2) is 0 Å². The van der Waals surface area contributed by atoms with Crippen molar-refractivity contribution in [3.8, 4) is 0 Å². The van der Waals surface area contributed by atoms with E-state index in [4.69, 9.17) is 0 Å². The molecule has 0 bridgehead atoms. The Kier molecular flexibility index (Phi) is 5.20. The standard InChI is InChI=1S/C17H24N2/c1-19(2)18-17-14-7-6-12-16(17)13-8-11-15-9-4-3-5-10-15/h3-5,8-11,16H,6-7,12-14H2,1-2H3/b11-8+,18-17-. The second-order valence-corrected chi connectivity index (χ2v) is 5.43. The van der Waals surface area contributed by atoms with Crippen molar-refractivity contribution in [1.29, 1.82) is 0 Å². The molecule has 1 aliphatic rings. The van der Waals surface area contributed by atoms with Crippen LogP contribution >= 0.6 is 0 Å². The second-order valence-electron chi connectivity index (χ2n) is 5.43. The molecule has 1 saturated carbocycles. The van der Waals surface area contributed by atoms with Crippen LogP contribution in [-0.2, 0) is 0 Å². The van der Waals surface area contributed by atoms with Gasteiger partial charge in [0.1, 0.15) is 0 Å². The van der Waals surface area contributed by atoms with E-state index in [1.165, 1.54) is 37.0 Å². The first kappa shape index (κ1) is 13.9. The molecule has 1 aromatic rings. The Morgan fingerprint density at radius 3 is 2.74 bits per heavy atom. The predicted octanol–water partition coefficient (Wildman–Crippen LogP) is 4.20. The van der Waals surface area contributed by atoms with Gasteiger partial charge >= 0.3 is 0 Å². The van der Waals surface area contributed by atoms with Gasteiger partial charge in [-0.1, -0.05) is 48.9 Å². The third-order valence-corrected chi connectivity index (χ3v) is 3.57. The second kappa shape index (κ2) is 7.13. The first-order chi connectivity index (χ1) is 9.25. The van der Waals surface area contributed by atoms with E-state index in [1.54, 1.807) is 0 Å². The van der Waals surface area contributed by atoms with Crippen molar-refractivity contribution in [2.45, 2.75) is 32.1 Å². The molecule has 0 saturated heterocycles. The van der Waals surface area contributed by atoms with E-state index < -0.39 is 0 Å². The van der Waals surface area contributed by atoms with Crippen LogP contribution in [0.25, 0.3) is 6.08 Å². The molecule has 1 atom stereocenters. The predicted molar refractivity (Wildman–Crippen MR) is 83.2 cm³/mol. The van der Waals surface area contributed by atoms with Crippen LogP contribution in [0.4, 0.5) is 0 Å². The Labute approximate surface area is 116 Å². The maximum Gasteiger partial charge on any atom is 0.0414 e. The zero-order chi connectivity index (χ0) is 13.5. The van der Waals surface area contributed by atoms with Crippen LogP contribution < -0.4 is 0 Å². The minimum absolute atomic E-state index is 0.635. The number of rotatable bonds is 4. The molecule has 0 radical (unpaired) electrons. The molecule has 1 aromatic carbocycles. The quantitative estimate of drug-likeness (QED) is 0.737. The molecule has 1 fully saturated rings. The van der Waals surface area contributed by atoms with E-state index in [9.17, 15) is 0 Å². The summed E-state index contributed by atoms with van der Waals surface area (Å²) in [5.74, 6) is 0.635. The van der Waals surface area contributed by atoms with Gasteiger partial charge in [0.2, 0.25) is 0 Å². The molecule has 2 rings (SSSR count).